The lowest BCUT2D eigenvalue weighted by Gasteiger charge is -2.19. The number of carboxylic acid groups (broad SMARTS) is 1. The third-order valence-corrected chi connectivity index (χ3v) is 6.76. The van der Waals surface area contributed by atoms with Crippen LogP contribution in [-0.4, -0.2) is 72.7 Å². The van der Waals surface area contributed by atoms with Gasteiger partial charge in [-0.25, -0.2) is 14.8 Å². The van der Waals surface area contributed by atoms with Crippen LogP contribution in [0.25, 0.3) is 11.2 Å². The van der Waals surface area contributed by atoms with Crippen molar-refractivity contribution < 1.29 is 29.7 Å². The van der Waals surface area contributed by atoms with Crippen molar-refractivity contribution in [1.29, 1.82) is 0 Å². The number of nitrogen functional groups attached to an aromatic ring is 2. The fraction of sp³-hybridized carbons (Fsp3) is 0.276. The standard InChI is InChI=1S/C29H33N9O6/c1-15-5-10-19(20(12-15)27(41)42)26(40)32-11-3-4-21(28(43)44)35-25(39)16-6-8-18(9-7-16)38(2)14-17-13-33-24-22(34-17)23(30)36-29(31)37-24/h5-10,12-13,21,27,41-42H,3-4,11,14H2,1-2H3,(H,32,40)(H,35,39)(H,43,44)(H4,30,31,33,36,37)/t21-/m0/s1. The van der Waals surface area contributed by atoms with Crippen LogP contribution in [0.5, 0.6) is 0 Å². The molecule has 2 aromatic carbocycles. The number of nitrogens with two attached hydrogens (primary N) is 2. The summed E-state index contributed by atoms with van der Waals surface area (Å²) < 4.78 is 0. The van der Waals surface area contributed by atoms with Gasteiger partial charge in [0.2, 0.25) is 5.95 Å². The summed E-state index contributed by atoms with van der Waals surface area (Å²) in [6, 6.07) is 10.1. The Hall–Kier alpha value is -5.41. The minimum absolute atomic E-state index is 0.00975. The van der Waals surface area contributed by atoms with E-state index in [0.29, 0.717) is 23.4 Å². The summed E-state index contributed by atoms with van der Waals surface area (Å²) in [5.41, 5.74) is 14.7. The molecule has 0 aliphatic carbocycles. The molecule has 0 saturated heterocycles. The van der Waals surface area contributed by atoms with Gasteiger partial charge in [-0.05, 0) is 50.1 Å². The zero-order valence-corrected chi connectivity index (χ0v) is 24.1. The maximum atomic E-state index is 12.8. The number of aryl methyl sites for hydroxylation is 1. The molecular formula is C29H33N9O6. The monoisotopic (exact) mass is 603 g/mol. The third-order valence-electron chi connectivity index (χ3n) is 6.76. The van der Waals surface area contributed by atoms with Crippen molar-refractivity contribution in [3.8, 4) is 0 Å². The number of aromatic nitrogens is 4. The number of hydrogen-bond acceptors (Lipinski definition) is 12. The lowest BCUT2D eigenvalue weighted by Crippen LogP contribution is -2.41. The van der Waals surface area contributed by atoms with Gasteiger partial charge in [0.25, 0.3) is 11.8 Å². The van der Waals surface area contributed by atoms with E-state index in [-0.39, 0.29) is 47.8 Å². The number of amides is 2. The van der Waals surface area contributed by atoms with Crippen LogP contribution in [0.3, 0.4) is 0 Å². The molecule has 2 heterocycles. The van der Waals surface area contributed by atoms with E-state index in [0.717, 1.165) is 11.3 Å². The highest BCUT2D eigenvalue weighted by molar-refractivity contribution is 5.97. The molecule has 1 atom stereocenters. The van der Waals surface area contributed by atoms with Crippen LogP contribution < -0.4 is 27.0 Å². The second-order valence-electron chi connectivity index (χ2n) is 10.1. The first-order chi connectivity index (χ1) is 20.9. The molecule has 0 aliphatic heterocycles. The molecular weight excluding hydrogens is 570 g/mol. The summed E-state index contributed by atoms with van der Waals surface area (Å²) in [5, 5.41) is 33.9. The molecule has 0 aliphatic rings. The third kappa shape index (κ3) is 7.70. The summed E-state index contributed by atoms with van der Waals surface area (Å²) in [6.07, 6.45) is 0.0500. The van der Waals surface area contributed by atoms with Crippen LogP contribution in [0.4, 0.5) is 17.5 Å². The first-order valence-electron chi connectivity index (χ1n) is 13.6. The zero-order chi connectivity index (χ0) is 32.0. The molecule has 2 aromatic heterocycles. The topological polar surface area (TPSA) is 243 Å². The fourth-order valence-electron chi connectivity index (χ4n) is 4.47. The van der Waals surface area contributed by atoms with Crippen molar-refractivity contribution >= 4 is 46.4 Å². The molecule has 15 nitrogen and oxygen atoms in total. The summed E-state index contributed by atoms with van der Waals surface area (Å²) in [7, 11) is 1.83. The fourth-order valence-corrected chi connectivity index (χ4v) is 4.47. The highest BCUT2D eigenvalue weighted by atomic mass is 16.5. The average Bonchev–Trinajstić information content (AvgIpc) is 2.98. The van der Waals surface area contributed by atoms with Gasteiger partial charge in [0.1, 0.15) is 6.04 Å². The summed E-state index contributed by atoms with van der Waals surface area (Å²) in [5.74, 6) is -2.16. The van der Waals surface area contributed by atoms with Crippen molar-refractivity contribution in [1.82, 2.24) is 30.6 Å². The number of hydrogen-bond donors (Lipinski definition) is 7. The molecule has 0 unspecified atom stereocenters. The smallest absolute Gasteiger partial charge is 0.326 e. The molecule has 9 N–H and O–H groups in total. The first kappa shape index (κ1) is 31.5. The quantitative estimate of drug-likeness (QED) is 0.0880. The molecule has 44 heavy (non-hydrogen) atoms. The number of rotatable bonds is 12. The molecule has 0 spiro atoms. The number of nitrogens with zero attached hydrogens (tertiary/aromatic N) is 5. The number of fused-ring (bicyclic) bond motifs is 1. The second kappa shape index (κ2) is 13.7. The molecule has 0 saturated carbocycles. The SMILES string of the molecule is Cc1ccc(C(=O)NCCC[C@H](NC(=O)c2ccc(N(C)Cc3cnc4nc(N)nc(N)c4n3)cc2)C(=O)O)c(C(O)O)c1. The summed E-state index contributed by atoms with van der Waals surface area (Å²) >= 11 is 0. The molecule has 4 rings (SSSR count). The normalized spacial score (nSPS) is 11.8. The van der Waals surface area contributed by atoms with E-state index >= 15 is 0 Å². The first-order valence-corrected chi connectivity index (χ1v) is 13.6. The molecule has 0 bridgehead atoms. The predicted octanol–water partition coefficient (Wildman–Crippen LogP) is 0.905. The van der Waals surface area contributed by atoms with E-state index in [9.17, 15) is 29.7 Å². The number of carboxylic acids is 1. The van der Waals surface area contributed by atoms with E-state index in [1.165, 1.54) is 12.1 Å². The number of aliphatic hydroxyl groups is 2. The predicted molar refractivity (Wildman–Crippen MR) is 161 cm³/mol. The molecule has 0 fully saturated rings. The van der Waals surface area contributed by atoms with Crippen molar-refractivity contribution in [3.05, 3.63) is 76.6 Å². The number of benzene rings is 2. The van der Waals surface area contributed by atoms with Gasteiger partial charge in [-0.2, -0.15) is 9.97 Å². The van der Waals surface area contributed by atoms with Crippen LogP contribution >= 0.6 is 0 Å². The van der Waals surface area contributed by atoms with Gasteiger partial charge in [0.15, 0.2) is 23.3 Å². The van der Waals surface area contributed by atoms with Crippen LogP contribution in [0.2, 0.25) is 0 Å². The maximum absolute atomic E-state index is 12.8. The Morgan fingerprint density at radius 3 is 2.41 bits per heavy atom. The number of aliphatic hydroxyl groups excluding tert-OH is 1. The molecule has 2 amide bonds. The molecule has 0 radical (unpaired) electrons. The van der Waals surface area contributed by atoms with Crippen LogP contribution in [0.15, 0.2) is 48.7 Å². The lowest BCUT2D eigenvalue weighted by molar-refractivity contribution is -0.139. The number of nitrogens with one attached hydrogen (secondary N) is 2. The van der Waals surface area contributed by atoms with E-state index in [2.05, 4.69) is 30.6 Å². The van der Waals surface area contributed by atoms with E-state index in [1.54, 1.807) is 43.5 Å². The van der Waals surface area contributed by atoms with E-state index in [1.807, 2.05) is 11.9 Å². The number of anilines is 3. The van der Waals surface area contributed by atoms with Gasteiger partial charge in [0.05, 0.1) is 18.4 Å². The highest BCUT2D eigenvalue weighted by Crippen LogP contribution is 2.20. The van der Waals surface area contributed by atoms with Gasteiger partial charge >= 0.3 is 5.97 Å². The number of carbonyl (C=O) groups is 3. The average molecular weight is 604 g/mol. The van der Waals surface area contributed by atoms with Crippen LogP contribution in [-0.2, 0) is 11.3 Å². The van der Waals surface area contributed by atoms with Crippen molar-refractivity contribution in [3.63, 3.8) is 0 Å². The van der Waals surface area contributed by atoms with E-state index < -0.39 is 30.1 Å². The molecule has 230 valence electrons. The Balaban J connectivity index is 1.30. The van der Waals surface area contributed by atoms with Crippen LogP contribution in [0, 0.1) is 6.92 Å². The Morgan fingerprint density at radius 1 is 1.00 bits per heavy atom. The minimum atomic E-state index is -1.81. The van der Waals surface area contributed by atoms with Crippen molar-refractivity contribution in [2.75, 3.05) is 30.0 Å². The lowest BCUT2D eigenvalue weighted by atomic mass is 10.0. The number of aliphatic carboxylic acids is 1. The van der Waals surface area contributed by atoms with Gasteiger partial charge in [-0.1, -0.05) is 17.7 Å². The second-order valence-corrected chi connectivity index (χ2v) is 10.1. The van der Waals surface area contributed by atoms with Gasteiger partial charge < -0.3 is 42.3 Å². The minimum Gasteiger partial charge on any atom is -0.480 e. The Kier molecular flexibility index (Phi) is 9.82. The van der Waals surface area contributed by atoms with Gasteiger partial charge in [0, 0.05) is 36.0 Å². The Morgan fingerprint density at radius 2 is 1.73 bits per heavy atom. The summed E-state index contributed by atoms with van der Waals surface area (Å²) in [4.78, 5) is 55.7. The molecule has 4 aromatic rings. The Bertz CT molecular complexity index is 1680. The van der Waals surface area contributed by atoms with E-state index in [4.69, 9.17) is 11.5 Å². The highest BCUT2D eigenvalue weighted by Gasteiger charge is 2.21. The zero-order valence-electron chi connectivity index (χ0n) is 24.1. The van der Waals surface area contributed by atoms with Crippen molar-refractivity contribution in [2.24, 2.45) is 0 Å². The largest absolute Gasteiger partial charge is 0.480 e. The van der Waals surface area contributed by atoms with Gasteiger partial charge in [-0.3, -0.25) is 9.59 Å². The van der Waals surface area contributed by atoms with Crippen LogP contribution in [0.1, 0.15) is 56.7 Å². The summed E-state index contributed by atoms with van der Waals surface area (Å²) in [6.45, 7) is 2.24. The maximum Gasteiger partial charge on any atom is 0.326 e. The molecule has 15 heteroatoms. The number of carbonyl (C=O) groups excluding carboxylic acids is 2. The van der Waals surface area contributed by atoms with Gasteiger partial charge in [-0.15, -0.1) is 0 Å². The Labute approximate surface area is 252 Å². The van der Waals surface area contributed by atoms with Crippen molar-refractivity contribution in [2.45, 2.75) is 38.6 Å².